The van der Waals surface area contributed by atoms with Crippen LogP contribution in [0.15, 0.2) is 30.3 Å². The summed E-state index contributed by atoms with van der Waals surface area (Å²) in [7, 11) is 0. The van der Waals surface area contributed by atoms with Crippen LogP contribution in [-0.4, -0.2) is 66.4 Å². The monoisotopic (exact) mass is 458 g/mol. The van der Waals surface area contributed by atoms with Crippen molar-refractivity contribution in [2.75, 3.05) is 32.7 Å². The Hall–Kier alpha value is -1.34. The molecule has 0 bridgehead atoms. The van der Waals surface area contributed by atoms with Crippen LogP contribution >= 0.6 is 24.8 Å². The summed E-state index contributed by atoms with van der Waals surface area (Å²) in [5, 5.41) is 3.19. The normalized spacial score (nSPS) is 22.9. The molecule has 2 aliphatic rings. The number of amides is 2. The largest absolute Gasteiger partial charge is 0.352 e. The van der Waals surface area contributed by atoms with Gasteiger partial charge >= 0.3 is 0 Å². The van der Waals surface area contributed by atoms with Crippen LogP contribution in [0.3, 0.4) is 0 Å². The standard InChI is InChI=1S/C22H34N4O2.2ClH/c1-17-6-5-9-19(14-17)24-21(27)16-25-10-12-26(13-11-25)22(28)20(23)15-18-7-3-2-4-8-18;;/h2-4,7-8,17,19-20H,5-6,9-16,23H2,1H3,(H,24,27);2*1H. The number of carbonyl (C=O) groups is 2. The lowest BCUT2D eigenvalue weighted by Crippen LogP contribution is -2.55. The Kier molecular flexibility index (Phi) is 11.7. The maximum absolute atomic E-state index is 12.6. The fourth-order valence-corrected chi connectivity index (χ4v) is 4.36. The summed E-state index contributed by atoms with van der Waals surface area (Å²) < 4.78 is 0. The summed E-state index contributed by atoms with van der Waals surface area (Å²) in [4.78, 5) is 29.0. The number of nitrogens with zero attached hydrogens (tertiary/aromatic N) is 2. The molecule has 1 saturated heterocycles. The number of hydrogen-bond donors (Lipinski definition) is 2. The van der Waals surface area contributed by atoms with Crippen LogP contribution < -0.4 is 11.1 Å². The first-order valence-corrected chi connectivity index (χ1v) is 10.6. The van der Waals surface area contributed by atoms with Gasteiger partial charge in [0.25, 0.3) is 0 Å². The molecule has 0 radical (unpaired) electrons. The number of benzene rings is 1. The molecule has 2 fully saturated rings. The van der Waals surface area contributed by atoms with Crippen molar-refractivity contribution in [3.05, 3.63) is 35.9 Å². The Balaban J connectivity index is 0.00000225. The molecular weight excluding hydrogens is 423 g/mol. The molecule has 30 heavy (non-hydrogen) atoms. The summed E-state index contributed by atoms with van der Waals surface area (Å²) in [5.74, 6) is 0.817. The molecule has 6 nitrogen and oxygen atoms in total. The lowest BCUT2D eigenvalue weighted by molar-refractivity contribution is -0.134. The van der Waals surface area contributed by atoms with Gasteiger partial charge in [-0.2, -0.15) is 0 Å². The van der Waals surface area contributed by atoms with Crippen LogP contribution in [0.1, 0.15) is 38.2 Å². The molecule has 1 aromatic carbocycles. The molecule has 3 rings (SSSR count). The van der Waals surface area contributed by atoms with E-state index in [1.807, 2.05) is 35.2 Å². The molecule has 1 heterocycles. The number of nitrogens with one attached hydrogen (secondary N) is 1. The Morgan fingerprint density at radius 3 is 2.40 bits per heavy atom. The molecular formula is C22H36Cl2N4O2. The van der Waals surface area contributed by atoms with Gasteiger partial charge in [0.1, 0.15) is 0 Å². The van der Waals surface area contributed by atoms with Crippen LogP contribution in [0.5, 0.6) is 0 Å². The molecule has 3 N–H and O–H groups in total. The van der Waals surface area contributed by atoms with Gasteiger partial charge in [0.15, 0.2) is 0 Å². The molecule has 2 amide bonds. The van der Waals surface area contributed by atoms with Gasteiger partial charge in [0, 0.05) is 32.2 Å². The van der Waals surface area contributed by atoms with Crippen LogP contribution in [0, 0.1) is 5.92 Å². The number of hydrogen-bond acceptors (Lipinski definition) is 4. The highest BCUT2D eigenvalue weighted by Crippen LogP contribution is 2.23. The molecule has 1 aliphatic carbocycles. The third-order valence-electron chi connectivity index (χ3n) is 5.97. The van der Waals surface area contributed by atoms with E-state index in [0.29, 0.717) is 38.0 Å². The molecule has 1 aliphatic heterocycles. The average Bonchev–Trinajstić information content (AvgIpc) is 2.68. The van der Waals surface area contributed by atoms with Crippen molar-refractivity contribution in [1.29, 1.82) is 0 Å². The number of nitrogens with two attached hydrogens (primary N) is 1. The van der Waals surface area contributed by atoms with Gasteiger partial charge in [-0.05, 0) is 30.7 Å². The number of halogens is 2. The van der Waals surface area contributed by atoms with Gasteiger partial charge in [-0.1, -0.05) is 50.1 Å². The molecule has 0 spiro atoms. The van der Waals surface area contributed by atoms with E-state index in [-0.39, 0.29) is 36.6 Å². The van der Waals surface area contributed by atoms with E-state index in [1.165, 1.54) is 12.8 Å². The first-order chi connectivity index (χ1) is 13.5. The summed E-state index contributed by atoms with van der Waals surface area (Å²) >= 11 is 0. The number of carbonyl (C=O) groups excluding carboxylic acids is 2. The Morgan fingerprint density at radius 2 is 1.77 bits per heavy atom. The van der Waals surface area contributed by atoms with E-state index in [0.717, 1.165) is 31.5 Å². The van der Waals surface area contributed by atoms with E-state index < -0.39 is 6.04 Å². The van der Waals surface area contributed by atoms with E-state index >= 15 is 0 Å². The lowest BCUT2D eigenvalue weighted by Gasteiger charge is -2.36. The van der Waals surface area contributed by atoms with Crippen molar-refractivity contribution in [1.82, 2.24) is 15.1 Å². The third kappa shape index (κ3) is 8.06. The fraction of sp³-hybridized carbons (Fsp3) is 0.636. The zero-order valence-electron chi connectivity index (χ0n) is 17.8. The van der Waals surface area contributed by atoms with Gasteiger partial charge in [-0.25, -0.2) is 0 Å². The first kappa shape index (κ1) is 26.7. The van der Waals surface area contributed by atoms with Gasteiger partial charge in [0.2, 0.25) is 11.8 Å². The summed E-state index contributed by atoms with van der Waals surface area (Å²) in [6.45, 7) is 5.39. The minimum Gasteiger partial charge on any atom is -0.352 e. The van der Waals surface area contributed by atoms with Crippen LogP contribution in [0.4, 0.5) is 0 Å². The second-order valence-corrected chi connectivity index (χ2v) is 8.43. The summed E-state index contributed by atoms with van der Waals surface area (Å²) in [5.41, 5.74) is 7.22. The van der Waals surface area contributed by atoms with E-state index in [1.54, 1.807) is 0 Å². The van der Waals surface area contributed by atoms with Gasteiger partial charge < -0.3 is 16.0 Å². The molecule has 3 atom stereocenters. The first-order valence-electron chi connectivity index (χ1n) is 10.6. The molecule has 1 saturated carbocycles. The highest BCUT2D eigenvalue weighted by molar-refractivity contribution is 5.85. The Morgan fingerprint density at radius 1 is 1.10 bits per heavy atom. The summed E-state index contributed by atoms with van der Waals surface area (Å²) in [6.07, 6.45) is 5.22. The Labute approximate surface area is 192 Å². The minimum absolute atomic E-state index is 0. The van der Waals surface area contributed by atoms with E-state index in [4.69, 9.17) is 5.73 Å². The maximum Gasteiger partial charge on any atom is 0.239 e. The van der Waals surface area contributed by atoms with E-state index in [9.17, 15) is 9.59 Å². The highest BCUT2D eigenvalue weighted by atomic mass is 35.5. The highest BCUT2D eigenvalue weighted by Gasteiger charge is 2.27. The molecule has 3 unspecified atom stereocenters. The van der Waals surface area contributed by atoms with Gasteiger partial charge in [-0.15, -0.1) is 24.8 Å². The van der Waals surface area contributed by atoms with Crippen molar-refractivity contribution in [3.63, 3.8) is 0 Å². The second kappa shape index (κ2) is 13.2. The molecule has 0 aromatic heterocycles. The van der Waals surface area contributed by atoms with Crippen molar-refractivity contribution in [2.45, 2.75) is 51.1 Å². The van der Waals surface area contributed by atoms with Crippen LogP contribution in [-0.2, 0) is 16.0 Å². The van der Waals surface area contributed by atoms with Crippen molar-refractivity contribution in [2.24, 2.45) is 11.7 Å². The Bertz CT molecular complexity index is 654. The number of rotatable bonds is 6. The average molecular weight is 459 g/mol. The SMILES string of the molecule is CC1CCCC(NC(=O)CN2CCN(C(=O)C(N)Cc3ccccc3)CC2)C1.Cl.Cl. The molecule has 8 heteroatoms. The van der Waals surface area contributed by atoms with Crippen molar-refractivity contribution >= 4 is 36.6 Å². The quantitative estimate of drug-likeness (QED) is 0.684. The van der Waals surface area contributed by atoms with Crippen LogP contribution in [0.25, 0.3) is 0 Å². The van der Waals surface area contributed by atoms with Crippen molar-refractivity contribution in [3.8, 4) is 0 Å². The predicted molar refractivity (Wildman–Crippen MR) is 125 cm³/mol. The predicted octanol–water partition coefficient (Wildman–Crippen LogP) is 2.24. The lowest BCUT2D eigenvalue weighted by atomic mass is 9.87. The topological polar surface area (TPSA) is 78.7 Å². The zero-order chi connectivity index (χ0) is 19.9. The summed E-state index contributed by atoms with van der Waals surface area (Å²) in [6, 6.07) is 9.70. The smallest absolute Gasteiger partial charge is 0.239 e. The number of piperazine rings is 1. The zero-order valence-corrected chi connectivity index (χ0v) is 19.4. The third-order valence-corrected chi connectivity index (χ3v) is 5.97. The second-order valence-electron chi connectivity index (χ2n) is 8.43. The fourth-order valence-electron chi connectivity index (χ4n) is 4.36. The van der Waals surface area contributed by atoms with E-state index in [2.05, 4.69) is 17.1 Å². The minimum atomic E-state index is -0.509. The molecule has 1 aromatic rings. The van der Waals surface area contributed by atoms with Gasteiger partial charge in [-0.3, -0.25) is 14.5 Å². The molecule has 170 valence electrons. The van der Waals surface area contributed by atoms with Gasteiger partial charge in [0.05, 0.1) is 12.6 Å². The van der Waals surface area contributed by atoms with Crippen molar-refractivity contribution < 1.29 is 9.59 Å². The van der Waals surface area contributed by atoms with Crippen LogP contribution in [0.2, 0.25) is 0 Å². The maximum atomic E-state index is 12.6.